The molecule has 1 fully saturated rings. The highest BCUT2D eigenvalue weighted by molar-refractivity contribution is 5.45. The molecule has 1 aromatic carbocycles. The Morgan fingerprint density at radius 3 is 2.78 bits per heavy atom. The first kappa shape index (κ1) is 13.4. The van der Waals surface area contributed by atoms with Crippen molar-refractivity contribution in [2.24, 2.45) is 0 Å². The summed E-state index contributed by atoms with van der Waals surface area (Å²) in [5, 5.41) is 12.5. The van der Waals surface area contributed by atoms with Gasteiger partial charge in [0.15, 0.2) is 0 Å². The second kappa shape index (κ2) is 6.76. The zero-order valence-electron chi connectivity index (χ0n) is 11.1. The second-order valence-electron chi connectivity index (χ2n) is 5.03. The van der Waals surface area contributed by atoms with Gasteiger partial charge in [0, 0.05) is 18.9 Å². The fourth-order valence-electron chi connectivity index (χ4n) is 2.45. The maximum Gasteiger partial charge on any atom is 0.0776 e. The van der Waals surface area contributed by atoms with E-state index in [2.05, 4.69) is 36.5 Å². The minimum atomic E-state index is 0.249. The van der Waals surface area contributed by atoms with Crippen LogP contribution in [0.5, 0.6) is 0 Å². The van der Waals surface area contributed by atoms with Crippen LogP contribution in [0.3, 0.4) is 0 Å². The highest BCUT2D eigenvalue weighted by Gasteiger charge is 2.25. The second-order valence-corrected chi connectivity index (χ2v) is 5.03. The van der Waals surface area contributed by atoms with Gasteiger partial charge in [-0.3, -0.25) is 0 Å². The van der Waals surface area contributed by atoms with E-state index in [9.17, 15) is 0 Å². The van der Waals surface area contributed by atoms with Crippen LogP contribution in [-0.2, 0) is 4.74 Å². The van der Waals surface area contributed by atoms with Crippen LogP contribution in [0.4, 0.5) is 5.69 Å². The molecule has 1 saturated heterocycles. The van der Waals surface area contributed by atoms with Crippen LogP contribution in [0.25, 0.3) is 0 Å². The van der Waals surface area contributed by atoms with Crippen molar-refractivity contribution >= 4 is 5.69 Å². The Morgan fingerprint density at radius 2 is 2.17 bits per heavy atom. The molecule has 1 aliphatic rings. The van der Waals surface area contributed by atoms with E-state index in [0.717, 1.165) is 38.0 Å². The van der Waals surface area contributed by atoms with Gasteiger partial charge in [-0.15, -0.1) is 0 Å². The lowest BCUT2D eigenvalue weighted by Crippen LogP contribution is -2.33. The first-order chi connectivity index (χ1) is 8.79. The average molecular weight is 249 g/mol. The average Bonchev–Trinajstić information content (AvgIpc) is 2.90. The van der Waals surface area contributed by atoms with Gasteiger partial charge in [-0.2, -0.15) is 0 Å². The normalized spacial score (nSPS) is 20.9. The van der Waals surface area contributed by atoms with E-state index in [-0.39, 0.29) is 12.7 Å². The molecule has 0 amide bonds. The summed E-state index contributed by atoms with van der Waals surface area (Å²) >= 11 is 0. The van der Waals surface area contributed by atoms with Crippen molar-refractivity contribution in [2.45, 2.75) is 44.8 Å². The highest BCUT2D eigenvalue weighted by Crippen LogP contribution is 2.22. The van der Waals surface area contributed by atoms with Gasteiger partial charge in [-0.05, 0) is 44.7 Å². The lowest BCUT2D eigenvalue weighted by atomic mass is 10.0. The number of hydrogen-bond acceptors (Lipinski definition) is 3. The third kappa shape index (κ3) is 3.72. The molecule has 1 aliphatic heterocycles. The fourth-order valence-corrected chi connectivity index (χ4v) is 2.45. The quantitative estimate of drug-likeness (QED) is 0.814. The number of aryl methyl sites for hydroxylation is 1. The van der Waals surface area contributed by atoms with E-state index in [1.165, 1.54) is 5.56 Å². The van der Waals surface area contributed by atoms with E-state index >= 15 is 0 Å². The molecule has 3 nitrogen and oxygen atoms in total. The Kier molecular flexibility index (Phi) is 5.02. The van der Waals surface area contributed by atoms with Crippen LogP contribution < -0.4 is 5.32 Å². The van der Waals surface area contributed by atoms with Crippen molar-refractivity contribution < 1.29 is 9.84 Å². The molecule has 100 valence electrons. The van der Waals surface area contributed by atoms with Gasteiger partial charge in [0.1, 0.15) is 0 Å². The predicted molar refractivity (Wildman–Crippen MR) is 73.9 cm³/mol. The maximum atomic E-state index is 8.99. The minimum absolute atomic E-state index is 0.249. The molecule has 2 atom stereocenters. The topological polar surface area (TPSA) is 41.5 Å². The van der Waals surface area contributed by atoms with E-state index in [1.54, 1.807) is 0 Å². The van der Waals surface area contributed by atoms with Gasteiger partial charge >= 0.3 is 0 Å². The van der Waals surface area contributed by atoms with E-state index in [4.69, 9.17) is 9.84 Å². The number of ether oxygens (including phenoxy) is 1. The van der Waals surface area contributed by atoms with Crippen LogP contribution in [-0.4, -0.2) is 30.5 Å². The van der Waals surface area contributed by atoms with E-state index in [0.29, 0.717) is 6.04 Å². The molecule has 0 saturated carbocycles. The van der Waals surface area contributed by atoms with Crippen molar-refractivity contribution in [3.05, 3.63) is 29.8 Å². The lowest BCUT2D eigenvalue weighted by Gasteiger charge is -2.25. The largest absolute Gasteiger partial charge is 0.396 e. The SMILES string of the molecule is Cc1ccc(NC(CCCO)C2CCCO2)cc1. The number of aliphatic hydroxyl groups is 1. The summed E-state index contributed by atoms with van der Waals surface area (Å²) in [5.74, 6) is 0. The zero-order valence-corrected chi connectivity index (χ0v) is 11.1. The predicted octanol–water partition coefficient (Wildman–Crippen LogP) is 2.73. The number of aliphatic hydroxyl groups excluding tert-OH is 1. The van der Waals surface area contributed by atoms with Crippen LogP contribution in [0.1, 0.15) is 31.2 Å². The third-order valence-electron chi connectivity index (χ3n) is 3.49. The molecular formula is C15H23NO2. The van der Waals surface area contributed by atoms with Crippen molar-refractivity contribution in [3.8, 4) is 0 Å². The molecule has 0 radical (unpaired) electrons. The molecular weight excluding hydrogens is 226 g/mol. The van der Waals surface area contributed by atoms with Gasteiger partial charge in [-0.25, -0.2) is 0 Å². The molecule has 18 heavy (non-hydrogen) atoms. The first-order valence-corrected chi connectivity index (χ1v) is 6.85. The molecule has 2 unspecified atom stereocenters. The Labute approximate surface area is 109 Å². The smallest absolute Gasteiger partial charge is 0.0776 e. The van der Waals surface area contributed by atoms with Crippen LogP contribution in [0.15, 0.2) is 24.3 Å². The summed E-state index contributed by atoms with van der Waals surface area (Å²) in [4.78, 5) is 0. The number of benzene rings is 1. The summed E-state index contributed by atoms with van der Waals surface area (Å²) in [6, 6.07) is 8.75. The van der Waals surface area contributed by atoms with Gasteiger partial charge < -0.3 is 15.2 Å². The van der Waals surface area contributed by atoms with Gasteiger partial charge in [0.2, 0.25) is 0 Å². The molecule has 1 heterocycles. The number of nitrogens with one attached hydrogen (secondary N) is 1. The zero-order chi connectivity index (χ0) is 12.8. The summed E-state index contributed by atoms with van der Waals surface area (Å²) in [6.07, 6.45) is 4.33. The summed E-state index contributed by atoms with van der Waals surface area (Å²) in [5.41, 5.74) is 2.41. The third-order valence-corrected chi connectivity index (χ3v) is 3.49. The van der Waals surface area contributed by atoms with Crippen molar-refractivity contribution in [1.29, 1.82) is 0 Å². The molecule has 1 aromatic rings. The Balaban J connectivity index is 1.97. The summed E-state index contributed by atoms with van der Waals surface area (Å²) in [6.45, 7) is 3.21. The van der Waals surface area contributed by atoms with E-state index < -0.39 is 0 Å². The Morgan fingerprint density at radius 1 is 1.39 bits per heavy atom. The first-order valence-electron chi connectivity index (χ1n) is 6.85. The van der Waals surface area contributed by atoms with Crippen molar-refractivity contribution in [2.75, 3.05) is 18.5 Å². The number of hydrogen-bond donors (Lipinski definition) is 2. The van der Waals surface area contributed by atoms with Crippen molar-refractivity contribution in [1.82, 2.24) is 0 Å². The van der Waals surface area contributed by atoms with Gasteiger partial charge in [-0.1, -0.05) is 17.7 Å². The van der Waals surface area contributed by atoms with Gasteiger partial charge in [0.25, 0.3) is 0 Å². The molecule has 2 N–H and O–H groups in total. The maximum absolute atomic E-state index is 8.99. The fraction of sp³-hybridized carbons (Fsp3) is 0.600. The highest BCUT2D eigenvalue weighted by atomic mass is 16.5. The summed E-state index contributed by atoms with van der Waals surface area (Å²) in [7, 11) is 0. The van der Waals surface area contributed by atoms with E-state index in [1.807, 2.05) is 0 Å². The van der Waals surface area contributed by atoms with Crippen molar-refractivity contribution in [3.63, 3.8) is 0 Å². The number of anilines is 1. The van der Waals surface area contributed by atoms with Gasteiger partial charge in [0.05, 0.1) is 12.1 Å². The minimum Gasteiger partial charge on any atom is -0.396 e. The molecule has 0 spiro atoms. The molecule has 3 heteroatoms. The Hall–Kier alpha value is -1.06. The molecule has 0 aromatic heterocycles. The molecule has 0 aliphatic carbocycles. The Bertz CT molecular complexity index is 344. The van der Waals surface area contributed by atoms with Crippen LogP contribution in [0.2, 0.25) is 0 Å². The molecule has 0 bridgehead atoms. The van der Waals surface area contributed by atoms with Crippen LogP contribution in [0, 0.1) is 6.92 Å². The van der Waals surface area contributed by atoms with Crippen LogP contribution >= 0.6 is 0 Å². The monoisotopic (exact) mass is 249 g/mol. The lowest BCUT2D eigenvalue weighted by molar-refractivity contribution is 0.0908. The number of rotatable bonds is 6. The molecule has 2 rings (SSSR count). The summed E-state index contributed by atoms with van der Waals surface area (Å²) < 4.78 is 5.76. The standard InChI is InChI=1S/C15H23NO2/c1-12-6-8-13(9-7-12)16-14(4-2-10-17)15-5-3-11-18-15/h6-9,14-17H,2-5,10-11H2,1H3.